The number of hydrogen-bond donors (Lipinski definition) is 1. The first-order valence-corrected chi connectivity index (χ1v) is 8.05. The van der Waals surface area contributed by atoms with E-state index in [1.807, 2.05) is 13.8 Å². The van der Waals surface area contributed by atoms with Gasteiger partial charge in [-0.2, -0.15) is 4.31 Å². The summed E-state index contributed by atoms with van der Waals surface area (Å²) in [5, 5.41) is 0. The Morgan fingerprint density at radius 1 is 1.22 bits per heavy atom. The van der Waals surface area contributed by atoms with Gasteiger partial charge in [0.15, 0.2) is 0 Å². The molecule has 1 aliphatic rings. The largest absolute Gasteiger partial charge is 0.340 e. The van der Waals surface area contributed by atoms with Gasteiger partial charge in [0.05, 0.1) is 6.26 Å². The highest BCUT2D eigenvalue weighted by Gasteiger charge is 2.26. The van der Waals surface area contributed by atoms with Crippen LogP contribution in [-0.2, 0) is 14.8 Å². The minimum Gasteiger partial charge on any atom is -0.340 e. The fourth-order valence-corrected chi connectivity index (χ4v) is 2.66. The van der Waals surface area contributed by atoms with Gasteiger partial charge in [-0.1, -0.05) is 13.8 Å². The monoisotopic (exact) mass is 277 g/mol. The summed E-state index contributed by atoms with van der Waals surface area (Å²) in [6.45, 7) is 5.63. The highest BCUT2D eigenvalue weighted by atomic mass is 32.2. The first-order valence-electron chi connectivity index (χ1n) is 6.20. The molecule has 1 aliphatic heterocycles. The van der Waals surface area contributed by atoms with Gasteiger partial charge in [0, 0.05) is 38.6 Å². The van der Waals surface area contributed by atoms with Crippen LogP contribution in [0.4, 0.5) is 0 Å². The van der Waals surface area contributed by atoms with Crippen molar-refractivity contribution in [3.8, 4) is 0 Å². The molecule has 2 N–H and O–H groups in total. The summed E-state index contributed by atoms with van der Waals surface area (Å²) in [6.07, 6.45) is 1.52. The Morgan fingerprint density at radius 3 is 2.11 bits per heavy atom. The van der Waals surface area contributed by atoms with Crippen LogP contribution in [0, 0.1) is 5.92 Å². The molecule has 1 rings (SSSR count). The SMILES string of the molecule is CC(C)C(N)CC(=O)N1CCN(S(C)(=O)=O)CC1. The second-order valence-electron chi connectivity index (χ2n) is 5.15. The summed E-state index contributed by atoms with van der Waals surface area (Å²) in [7, 11) is -3.14. The van der Waals surface area contributed by atoms with E-state index >= 15 is 0 Å². The summed E-state index contributed by atoms with van der Waals surface area (Å²) < 4.78 is 24.1. The summed E-state index contributed by atoms with van der Waals surface area (Å²) in [4.78, 5) is 13.6. The van der Waals surface area contributed by atoms with Crippen LogP contribution in [0.2, 0.25) is 0 Å². The van der Waals surface area contributed by atoms with Crippen molar-refractivity contribution in [3.63, 3.8) is 0 Å². The lowest BCUT2D eigenvalue weighted by Crippen LogP contribution is -2.51. The standard InChI is InChI=1S/C11H23N3O3S/c1-9(2)10(12)8-11(15)13-4-6-14(7-5-13)18(3,16)17/h9-10H,4-8,12H2,1-3H3. The van der Waals surface area contributed by atoms with Crippen LogP contribution >= 0.6 is 0 Å². The first kappa shape index (κ1) is 15.4. The zero-order valence-electron chi connectivity index (χ0n) is 11.3. The summed E-state index contributed by atoms with van der Waals surface area (Å²) in [5.74, 6) is 0.288. The van der Waals surface area contributed by atoms with Crippen LogP contribution in [0.15, 0.2) is 0 Å². The Balaban J connectivity index is 2.46. The predicted molar refractivity (Wildman–Crippen MR) is 70.4 cm³/mol. The molecule has 1 saturated heterocycles. The fourth-order valence-electron chi connectivity index (χ4n) is 1.84. The van der Waals surface area contributed by atoms with E-state index in [0.29, 0.717) is 32.6 Å². The highest BCUT2D eigenvalue weighted by molar-refractivity contribution is 7.88. The van der Waals surface area contributed by atoms with E-state index in [4.69, 9.17) is 5.73 Å². The van der Waals surface area contributed by atoms with E-state index in [-0.39, 0.29) is 17.9 Å². The molecule has 1 unspecified atom stereocenters. The number of sulfonamides is 1. The van der Waals surface area contributed by atoms with Gasteiger partial charge in [0.1, 0.15) is 0 Å². The minimum absolute atomic E-state index is 0.0179. The van der Waals surface area contributed by atoms with Gasteiger partial charge in [0.25, 0.3) is 0 Å². The number of nitrogens with zero attached hydrogens (tertiary/aromatic N) is 2. The van der Waals surface area contributed by atoms with E-state index in [0.717, 1.165) is 0 Å². The van der Waals surface area contributed by atoms with Crippen molar-refractivity contribution in [1.82, 2.24) is 9.21 Å². The Morgan fingerprint density at radius 2 is 1.72 bits per heavy atom. The van der Waals surface area contributed by atoms with Crippen molar-refractivity contribution < 1.29 is 13.2 Å². The topological polar surface area (TPSA) is 83.7 Å². The maximum Gasteiger partial charge on any atom is 0.224 e. The third-order valence-electron chi connectivity index (χ3n) is 3.33. The predicted octanol–water partition coefficient (Wildman–Crippen LogP) is -0.536. The number of hydrogen-bond acceptors (Lipinski definition) is 4. The molecule has 1 heterocycles. The maximum atomic E-state index is 11.9. The summed E-state index contributed by atoms with van der Waals surface area (Å²) >= 11 is 0. The molecule has 106 valence electrons. The van der Waals surface area contributed by atoms with Crippen molar-refractivity contribution in [2.45, 2.75) is 26.3 Å². The van der Waals surface area contributed by atoms with Gasteiger partial charge in [-0.3, -0.25) is 4.79 Å². The van der Waals surface area contributed by atoms with E-state index in [9.17, 15) is 13.2 Å². The molecule has 1 atom stereocenters. The molecule has 0 radical (unpaired) electrons. The van der Waals surface area contributed by atoms with Crippen molar-refractivity contribution in [1.29, 1.82) is 0 Å². The van der Waals surface area contributed by atoms with E-state index in [2.05, 4.69) is 0 Å². The third kappa shape index (κ3) is 4.22. The molecule has 0 aromatic carbocycles. The van der Waals surface area contributed by atoms with Crippen molar-refractivity contribution in [3.05, 3.63) is 0 Å². The van der Waals surface area contributed by atoms with Gasteiger partial charge in [-0.05, 0) is 5.92 Å². The first-order chi connectivity index (χ1) is 8.21. The molecule has 6 nitrogen and oxygen atoms in total. The van der Waals surface area contributed by atoms with Crippen LogP contribution in [0.25, 0.3) is 0 Å². The minimum atomic E-state index is -3.14. The van der Waals surface area contributed by atoms with Crippen LogP contribution < -0.4 is 5.73 Å². The molecular formula is C11H23N3O3S. The van der Waals surface area contributed by atoms with Gasteiger partial charge in [-0.25, -0.2) is 8.42 Å². The smallest absolute Gasteiger partial charge is 0.224 e. The zero-order chi connectivity index (χ0) is 13.9. The average molecular weight is 277 g/mol. The Bertz CT molecular complexity index is 386. The van der Waals surface area contributed by atoms with Crippen LogP contribution in [0.1, 0.15) is 20.3 Å². The van der Waals surface area contributed by atoms with Gasteiger partial charge >= 0.3 is 0 Å². The molecule has 0 aromatic heterocycles. The molecule has 0 saturated carbocycles. The van der Waals surface area contributed by atoms with E-state index in [1.54, 1.807) is 4.90 Å². The Labute approximate surface area is 109 Å². The molecule has 0 bridgehead atoms. The van der Waals surface area contributed by atoms with Gasteiger partial charge < -0.3 is 10.6 Å². The number of piperazine rings is 1. The van der Waals surface area contributed by atoms with Crippen molar-refractivity contribution >= 4 is 15.9 Å². The molecule has 0 aromatic rings. The highest BCUT2D eigenvalue weighted by Crippen LogP contribution is 2.10. The number of nitrogens with two attached hydrogens (primary N) is 1. The average Bonchev–Trinajstić information content (AvgIpc) is 2.27. The molecule has 1 amide bonds. The van der Waals surface area contributed by atoms with Gasteiger partial charge in [-0.15, -0.1) is 0 Å². The lowest BCUT2D eigenvalue weighted by molar-refractivity contribution is -0.132. The molecule has 7 heteroatoms. The molecule has 1 fully saturated rings. The number of amides is 1. The second-order valence-corrected chi connectivity index (χ2v) is 7.14. The Kier molecular flexibility index (Phi) is 5.12. The summed E-state index contributed by atoms with van der Waals surface area (Å²) in [6, 6.07) is -0.134. The second kappa shape index (κ2) is 5.99. The van der Waals surface area contributed by atoms with Crippen LogP contribution in [0.3, 0.4) is 0 Å². The van der Waals surface area contributed by atoms with Crippen molar-refractivity contribution in [2.24, 2.45) is 11.7 Å². The number of carbonyl (C=O) groups is 1. The fraction of sp³-hybridized carbons (Fsp3) is 0.909. The maximum absolute atomic E-state index is 11.9. The van der Waals surface area contributed by atoms with E-state index < -0.39 is 10.0 Å². The lowest BCUT2D eigenvalue weighted by atomic mass is 10.0. The molecule has 0 spiro atoms. The zero-order valence-corrected chi connectivity index (χ0v) is 12.1. The summed E-state index contributed by atoms with van der Waals surface area (Å²) in [5.41, 5.74) is 5.87. The number of rotatable bonds is 4. The molecule has 18 heavy (non-hydrogen) atoms. The Hall–Kier alpha value is -0.660. The lowest BCUT2D eigenvalue weighted by Gasteiger charge is -2.34. The van der Waals surface area contributed by atoms with Crippen molar-refractivity contribution in [2.75, 3.05) is 32.4 Å². The quantitative estimate of drug-likeness (QED) is 0.748. The van der Waals surface area contributed by atoms with Gasteiger partial charge in [0.2, 0.25) is 15.9 Å². The van der Waals surface area contributed by atoms with E-state index in [1.165, 1.54) is 10.6 Å². The van der Waals surface area contributed by atoms with Crippen LogP contribution in [-0.4, -0.2) is 62.0 Å². The van der Waals surface area contributed by atoms with Crippen LogP contribution in [0.5, 0.6) is 0 Å². The molecular weight excluding hydrogens is 254 g/mol. The number of carbonyl (C=O) groups excluding carboxylic acids is 1. The third-order valence-corrected chi connectivity index (χ3v) is 4.63. The molecule has 0 aliphatic carbocycles. The normalized spacial score (nSPS) is 20.2.